The van der Waals surface area contributed by atoms with Crippen molar-refractivity contribution in [1.82, 2.24) is 4.98 Å². The van der Waals surface area contributed by atoms with E-state index in [1.165, 1.54) is 0 Å². The summed E-state index contributed by atoms with van der Waals surface area (Å²) < 4.78 is 5.50. The molecule has 0 bridgehead atoms. The van der Waals surface area contributed by atoms with Crippen molar-refractivity contribution in [3.05, 3.63) is 52.7 Å². The second-order valence-corrected chi connectivity index (χ2v) is 6.54. The summed E-state index contributed by atoms with van der Waals surface area (Å²) in [6, 6.07) is 11.0. The molecule has 0 amide bonds. The maximum Gasteiger partial charge on any atom is 0.314 e. The van der Waals surface area contributed by atoms with Gasteiger partial charge in [0, 0.05) is 19.3 Å². The van der Waals surface area contributed by atoms with Crippen LogP contribution in [0.2, 0.25) is 5.02 Å². The number of nitriles is 1. The zero-order valence-electron chi connectivity index (χ0n) is 13.9. The molecule has 0 saturated carbocycles. The highest BCUT2D eigenvalue weighted by atomic mass is 35.5. The molecule has 2 heterocycles. The molecule has 1 aromatic carbocycles. The number of aryl methyl sites for hydroxylation is 1. The predicted octanol–water partition coefficient (Wildman–Crippen LogP) is 3.74. The van der Waals surface area contributed by atoms with Crippen molar-refractivity contribution in [3.8, 4) is 11.8 Å². The van der Waals surface area contributed by atoms with Crippen molar-refractivity contribution in [1.29, 1.82) is 5.26 Å². The number of carbonyl (C=O) groups excluding carboxylic acids is 1. The minimum absolute atomic E-state index is 0.147. The number of carbonyl (C=O) groups is 1. The normalized spacial score (nSPS) is 14.8. The molecule has 0 atom stereocenters. The predicted molar refractivity (Wildman–Crippen MR) is 95.7 cm³/mol. The van der Waals surface area contributed by atoms with Gasteiger partial charge < -0.3 is 9.64 Å². The lowest BCUT2D eigenvalue weighted by atomic mass is 9.97. The summed E-state index contributed by atoms with van der Waals surface area (Å²) in [4.78, 5) is 18.8. The Bertz CT molecular complexity index is 806. The molecule has 1 saturated heterocycles. The largest absolute Gasteiger partial charge is 0.425 e. The van der Waals surface area contributed by atoms with Crippen molar-refractivity contribution in [2.24, 2.45) is 5.92 Å². The molecule has 2 aromatic rings. The van der Waals surface area contributed by atoms with Gasteiger partial charge in [-0.05, 0) is 49.6 Å². The number of piperidine rings is 1. The Labute approximate surface area is 151 Å². The molecule has 6 heteroatoms. The average Bonchev–Trinajstić information content (AvgIpc) is 2.65. The monoisotopic (exact) mass is 355 g/mol. The highest BCUT2D eigenvalue weighted by molar-refractivity contribution is 6.32. The van der Waals surface area contributed by atoms with Crippen LogP contribution in [-0.4, -0.2) is 24.0 Å². The Morgan fingerprint density at radius 1 is 1.32 bits per heavy atom. The molecule has 3 rings (SSSR count). The van der Waals surface area contributed by atoms with Crippen LogP contribution in [0.4, 0.5) is 5.82 Å². The van der Waals surface area contributed by atoms with Gasteiger partial charge >= 0.3 is 5.97 Å². The fraction of sp³-hybridized carbons (Fsp3) is 0.316. The summed E-state index contributed by atoms with van der Waals surface area (Å²) in [6.07, 6.45) is 2.96. The summed E-state index contributed by atoms with van der Waals surface area (Å²) in [5.41, 5.74) is 1.53. The van der Waals surface area contributed by atoms with E-state index in [1.807, 2.05) is 19.1 Å². The third-order valence-corrected chi connectivity index (χ3v) is 4.64. The van der Waals surface area contributed by atoms with Gasteiger partial charge in [-0.3, -0.25) is 4.79 Å². The molecule has 128 valence electrons. The van der Waals surface area contributed by atoms with E-state index in [2.05, 4.69) is 16.0 Å². The van der Waals surface area contributed by atoms with Crippen molar-refractivity contribution in [3.63, 3.8) is 0 Å². The first-order valence-corrected chi connectivity index (χ1v) is 8.53. The Morgan fingerprint density at radius 2 is 2.08 bits per heavy atom. The molecule has 0 N–H and O–H groups in total. The smallest absolute Gasteiger partial charge is 0.314 e. The van der Waals surface area contributed by atoms with E-state index >= 15 is 0 Å². The summed E-state index contributed by atoms with van der Waals surface area (Å²) in [6.45, 7) is 3.37. The first kappa shape index (κ1) is 17.2. The number of aromatic nitrogens is 1. The number of ether oxygens (including phenoxy) is 1. The van der Waals surface area contributed by atoms with Crippen molar-refractivity contribution >= 4 is 23.4 Å². The fourth-order valence-electron chi connectivity index (χ4n) is 2.86. The van der Waals surface area contributed by atoms with Crippen LogP contribution in [0.5, 0.6) is 5.75 Å². The van der Waals surface area contributed by atoms with E-state index in [0.29, 0.717) is 29.2 Å². The highest BCUT2D eigenvalue weighted by Gasteiger charge is 2.27. The minimum Gasteiger partial charge on any atom is -0.425 e. The molecule has 1 fully saturated rings. The average molecular weight is 356 g/mol. The van der Waals surface area contributed by atoms with Gasteiger partial charge in [-0.25, -0.2) is 4.98 Å². The van der Waals surface area contributed by atoms with Gasteiger partial charge in [0.05, 0.1) is 16.5 Å². The van der Waals surface area contributed by atoms with Gasteiger partial charge in [-0.15, -0.1) is 0 Å². The molecule has 1 aromatic heterocycles. The second-order valence-electron chi connectivity index (χ2n) is 6.13. The molecular formula is C19H18ClN3O2. The van der Waals surface area contributed by atoms with Gasteiger partial charge in [-0.2, -0.15) is 5.26 Å². The molecule has 25 heavy (non-hydrogen) atoms. The van der Waals surface area contributed by atoms with Crippen LogP contribution in [0.25, 0.3) is 0 Å². The lowest BCUT2D eigenvalue weighted by molar-refractivity contribution is -0.139. The van der Waals surface area contributed by atoms with Gasteiger partial charge in [-0.1, -0.05) is 17.7 Å². The second kappa shape index (κ2) is 7.54. The van der Waals surface area contributed by atoms with Crippen LogP contribution in [-0.2, 0) is 4.79 Å². The first-order chi connectivity index (χ1) is 12.1. The van der Waals surface area contributed by atoms with Gasteiger partial charge in [0.15, 0.2) is 0 Å². The van der Waals surface area contributed by atoms with E-state index in [-0.39, 0.29) is 11.9 Å². The highest BCUT2D eigenvalue weighted by Crippen LogP contribution is 2.28. The topological polar surface area (TPSA) is 66.2 Å². The molecule has 5 nitrogen and oxygen atoms in total. The number of rotatable bonds is 3. The number of anilines is 1. The Hall–Kier alpha value is -2.58. The number of halogens is 1. The number of hydrogen-bond acceptors (Lipinski definition) is 5. The lowest BCUT2D eigenvalue weighted by Gasteiger charge is -2.31. The minimum atomic E-state index is -0.236. The van der Waals surface area contributed by atoms with E-state index in [4.69, 9.17) is 21.6 Å². The maximum atomic E-state index is 12.4. The summed E-state index contributed by atoms with van der Waals surface area (Å²) in [7, 11) is 0. The van der Waals surface area contributed by atoms with E-state index < -0.39 is 0 Å². The molecule has 1 aliphatic heterocycles. The van der Waals surface area contributed by atoms with E-state index in [9.17, 15) is 4.79 Å². The summed E-state index contributed by atoms with van der Waals surface area (Å²) in [5.74, 6) is 0.863. The lowest BCUT2D eigenvalue weighted by Crippen LogP contribution is -2.38. The van der Waals surface area contributed by atoms with Crippen LogP contribution < -0.4 is 9.64 Å². The molecular weight excluding hydrogens is 338 g/mol. The third kappa shape index (κ3) is 4.09. The number of esters is 1. The van der Waals surface area contributed by atoms with Crippen molar-refractivity contribution in [2.45, 2.75) is 19.8 Å². The Morgan fingerprint density at radius 3 is 2.72 bits per heavy atom. The molecule has 0 radical (unpaired) electrons. The van der Waals surface area contributed by atoms with E-state index in [0.717, 1.165) is 24.5 Å². The molecule has 1 aliphatic rings. The molecule has 0 spiro atoms. The van der Waals surface area contributed by atoms with Crippen LogP contribution in [0, 0.1) is 24.2 Å². The van der Waals surface area contributed by atoms with Gasteiger partial charge in [0.2, 0.25) is 0 Å². The standard InChI is InChI=1S/C19H18ClN3O2/c1-13-2-4-16(20)17(10-13)25-19(24)15-6-8-23(9-7-15)18-5-3-14(11-21)12-22-18/h2-5,10,12,15H,6-9H2,1H3. The molecule has 0 aliphatic carbocycles. The van der Waals surface area contributed by atoms with Crippen LogP contribution >= 0.6 is 11.6 Å². The quantitative estimate of drug-likeness (QED) is 0.619. The van der Waals surface area contributed by atoms with Crippen LogP contribution in [0.3, 0.4) is 0 Å². The van der Waals surface area contributed by atoms with Crippen molar-refractivity contribution < 1.29 is 9.53 Å². The number of nitrogens with zero attached hydrogens (tertiary/aromatic N) is 3. The summed E-state index contributed by atoms with van der Waals surface area (Å²) >= 11 is 6.09. The fourth-order valence-corrected chi connectivity index (χ4v) is 3.02. The molecule has 0 unspecified atom stereocenters. The van der Waals surface area contributed by atoms with Crippen LogP contribution in [0.15, 0.2) is 36.5 Å². The maximum absolute atomic E-state index is 12.4. The SMILES string of the molecule is Cc1ccc(Cl)c(OC(=O)C2CCN(c3ccc(C#N)cn3)CC2)c1. The number of hydrogen-bond donors (Lipinski definition) is 0. The van der Waals surface area contributed by atoms with Gasteiger partial charge in [0.25, 0.3) is 0 Å². The third-order valence-electron chi connectivity index (χ3n) is 4.33. The zero-order chi connectivity index (χ0) is 17.8. The van der Waals surface area contributed by atoms with Crippen LogP contribution in [0.1, 0.15) is 24.0 Å². The number of pyridine rings is 1. The van der Waals surface area contributed by atoms with Crippen molar-refractivity contribution in [2.75, 3.05) is 18.0 Å². The first-order valence-electron chi connectivity index (χ1n) is 8.16. The number of benzene rings is 1. The van der Waals surface area contributed by atoms with E-state index in [1.54, 1.807) is 24.4 Å². The summed E-state index contributed by atoms with van der Waals surface area (Å²) in [5, 5.41) is 9.27. The van der Waals surface area contributed by atoms with Gasteiger partial charge in [0.1, 0.15) is 17.6 Å². The zero-order valence-corrected chi connectivity index (χ0v) is 14.7. The Kier molecular flexibility index (Phi) is 5.20. The Balaban J connectivity index is 1.58.